The molecule has 0 N–H and O–H groups in total. The van der Waals surface area contributed by atoms with Crippen LogP contribution >= 0.6 is 0 Å². The number of nitrogens with zero attached hydrogens (tertiary/aromatic N) is 1. The van der Waals surface area contributed by atoms with Crippen LogP contribution in [0, 0.1) is 17.1 Å². The van der Waals surface area contributed by atoms with Crippen molar-refractivity contribution in [2.75, 3.05) is 13.2 Å². The first-order chi connectivity index (χ1) is 11.9. The Labute approximate surface area is 145 Å². The number of benzene rings is 2. The van der Waals surface area contributed by atoms with Gasteiger partial charge < -0.3 is 14.2 Å². The normalized spacial score (nSPS) is 10.6. The molecule has 130 valence electrons. The van der Waals surface area contributed by atoms with E-state index in [4.69, 9.17) is 19.5 Å². The third-order valence-corrected chi connectivity index (χ3v) is 3.25. The summed E-state index contributed by atoms with van der Waals surface area (Å²) in [4.78, 5) is 12.1. The van der Waals surface area contributed by atoms with E-state index in [1.54, 1.807) is 38.1 Å². The van der Waals surface area contributed by atoms with E-state index >= 15 is 0 Å². The van der Waals surface area contributed by atoms with Crippen LogP contribution in [0.2, 0.25) is 0 Å². The molecule has 0 saturated heterocycles. The van der Waals surface area contributed by atoms with Gasteiger partial charge in [0.15, 0.2) is 5.60 Å². The quantitative estimate of drug-likeness (QED) is 0.569. The molecule has 2 aromatic rings. The zero-order valence-electron chi connectivity index (χ0n) is 14.0. The first-order valence-corrected chi connectivity index (χ1v) is 7.65. The van der Waals surface area contributed by atoms with Gasteiger partial charge in [-0.2, -0.15) is 5.26 Å². The molecular formula is C19H18FNO4. The van der Waals surface area contributed by atoms with E-state index in [2.05, 4.69) is 0 Å². The fourth-order valence-electron chi connectivity index (χ4n) is 1.93. The van der Waals surface area contributed by atoms with Crippen molar-refractivity contribution in [1.29, 1.82) is 5.26 Å². The minimum Gasteiger partial charge on any atom is -0.490 e. The summed E-state index contributed by atoms with van der Waals surface area (Å²) in [5, 5.41) is 8.72. The highest BCUT2D eigenvalue weighted by atomic mass is 19.1. The van der Waals surface area contributed by atoms with Crippen LogP contribution in [0.3, 0.4) is 0 Å². The predicted octanol–water partition coefficient (Wildman–Crippen LogP) is 3.48. The number of carbonyl (C=O) groups excluding carboxylic acids is 1. The Bertz CT molecular complexity index is 748. The van der Waals surface area contributed by atoms with Crippen molar-refractivity contribution in [1.82, 2.24) is 0 Å². The van der Waals surface area contributed by atoms with Gasteiger partial charge in [0.25, 0.3) is 0 Å². The van der Waals surface area contributed by atoms with E-state index in [1.807, 2.05) is 6.07 Å². The van der Waals surface area contributed by atoms with Gasteiger partial charge in [0.05, 0.1) is 11.6 Å². The molecule has 0 bridgehead atoms. The molecule has 2 aromatic carbocycles. The van der Waals surface area contributed by atoms with Crippen molar-refractivity contribution in [2.45, 2.75) is 19.4 Å². The van der Waals surface area contributed by atoms with Gasteiger partial charge in [-0.1, -0.05) is 0 Å². The molecule has 6 heteroatoms. The smallest absolute Gasteiger partial charge is 0.350 e. The van der Waals surface area contributed by atoms with Crippen LogP contribution in [0.15, 0.2) is 48.5 Å². The highest BCUT2D eigenvalue weighted by Gasteiger charge is 2.31. The lowest BCUT2D eigenvalue weighted by Crippen LogP contribution is -2.40. The number of rotatable bonds is 7. The lowest BCUT2D eigenvalue weighted by molar-refractivity contribution is -0.160. The summed E-state index contributed by atoms with van der Waals surface area (Å²) in [6.45, 7) is 3.36. The van der Waals surface area contributed by atoms with Crippen LogP contribution in [0.25, 0.3) is 0 Å². The Kier molecular flexibility index (Phi) is 5.96. The van der Waals surface area contributed by atoms with E-state index in [-0.39, 0.29) is 19.0 Å². The molecule has 0 saturated carbocycles. The summed E-state index contributed by atoms with van der Waals surface area (Å²) in [6.07, 6.45) is 0. The molecule has 0 amide bonds. The van der Waals surface area contributed by atoms with E-state index in [0.29, 0.717) is 17.1 Å². The van der Waals surface area contributed by atoms with Gasteiger partial charge in [0, 0.05) is 0 Å². The highest BCUT2D eigenvalue weighted by molar-refractivity contribution is 5.79. The molecule has 2 rings (SSSR count). The molecular weight excluding hydrogens is 325 g/mol. The second kappa shape index (κ2) is 8.15. The molecule has 0 atom stereocenters. The minimum absolute atomic E-state index is 0.0506. The molecule has 0 aliphatic rings. The lowest BCUT2D eigenvalue weighted by Gasteiger charge is -2.24. The van der Waals surface area contributed by atoms with Gasteiger partial charge in [0.2, 0.25) is 0 Å². The van der Waals surface area contributed by atoms with E-state index in [0.717, 1.165) is 0 Å². The Morgan fingerprint density at radius 1 is 1.04 bits per heavy atom. The molecule has 0 fully saturated rings. The minimum atomic E-state index is -1.22. The summed E-state index contributed by atoms with van der Waals surface area (Å²) in [6, 6.07) is 14.0. The summed E-state index contributed by atoms with van der Waals surface area (Å²) >= 11 is 0. The van der Waals surface area contributed by atoms with Crippen LogP contribution in [0.4, 0.5) is 4.39 Å². The zero-order chi connectivity index (χ0) is 18.3. The molecule has 0 aliphatic carbocycles. The third-order valence-electron chi connectivity index (χ3n) is 3.25. The van der Waals surface area contributed by atoms with E-state index in [1.165, 1.54) is 24.3 Å². The van der Waals surface area contributed by atoms with Crippen molar-refractivity contribution in [3.63, 3.8) is 0 Å². The first-order valence-electron chi connectivity index (χ1n) is 7.65. The van der Waals surface area contributed by atoms with Crippen molar-refractivity contribution in [2.24, 2.45) is 0 Å². The van der Waals surface area contributed by atoms with Crippen LogP contribution in [-0.2, 0) is 9.53 Å². The number of halogens is 1. The highest BCUT2D eigenvalue weighted by Crippen LogP contribution is 2.20. The summed E-state index contributed by atoms with van der Waals surface area (Å²) < 4.78 is 29.0. The van der Waals surface area contributed by atoms with Gasteiger partial charge in [-0.3, -0.25) is 0 Å². The lowest BCUT2D eigenvalue weighted by atomic mass is 10.1. The van der Waals surface area contributed by atoms with Crippen LogP contribution in [0.1, 0.15) is 19.4 Å². The van der Waals surface area contributed by atoms with Gasteiger partial charge in [-0.15, -0.1) is 0 Å². The largest absolute Gasteiger partial charge is 0.490 e. The maximum absolute atomic E-state index is 12.9. The SMILES string of the molecule is CC(C)(Oc1ccc(F)cc1)C(=O)OCCOc1ccc(C#N)cc1. The number of nitriles is 1. The fraction of sp³-hybridized carbons (Fsp3) is 0.263. The molecule has 0 unspecified atom stereocenters. The molecule has 0 radical (unpaired) electrons. The average molecular weight is 343 g/mol. The number of ether oxygens (including phenoxy) is 3. The average Bonchev–Trinajstić information content (AvgIpc) is 2.61. The van der Waals surface area contributed by atoms with Gasteiger partial charge >= 0.3 is 5.97 Å². The van der Waals surface area contributed by atoms with Crippen LogP contribution in [-0.4, -0.2) is 24.8 Å². The molecule has 25 heavy (non-hydrogen) atoms. The molecule has 5 nitrogen and oxygen atoms in total. The molecule has 0 spiro atoms. The van der Waals surface area contributed by atoms with Crippen LogP contribution < -0.4 is 9.47 Å². The molecule has 0 aromatic heterocycles. The Hall–Kier alpha value is -3.07. The fourth-order valence-corrected chi connectivity index (χ4v) is 1.93. The first kappa shape index (κ1) is 18.3. The standard InChI is InChI=1S/C19H18FNO4/c1-19(2,25-17-9-5-15(20)6-10-17)18(22)24-12-11-23-16-7-3-14(13-21)4-8-16/h3-10H,11-12H2,1-2H3. The monoisotopic (exact) mass is 343 g/mol. The number of hydrogen-bond acceptors (Lipinski definition) is 5. The summed E-state index contributed by atoms with van der Waals surface area (Å²) in [5.41, 5.74) is -0.676. The zero-order valence-corrected chi connectivity index (χ0v) is 14.0. The predicted molar refractivity (Wildman–Crippen MR) is 88.7 cm³/mol. The molecule has 0 aliphatic heterocycles. The number of esters is 1. The van der Waals surface area contributed by atoms with Crippen LogP contribution in [0.5, 0.6) is 11.5 Å². The van der Waals surface area contributed by atoms with Gasteiger partial charge in [0.1, 0.15) is 30.5 Å². The Balaban J connectivity index is 1.78. The van der Waals surface area contributed by atoms with Gasteiger partial charge in [-0.25, -0.2) is 9.18 Å². The van der Waals surface area contributed by atoms with E-state index < -0.39 is 11.6 Å². The Morgan fingerprint density at radius 2 is 1.64 bits per heavy atom. The van der Waals surface area contributed by atoms with Gasteiger partial charge in [-0.05, 0) is 62.4 Å². The molecule has 0 heterocycles. The van der Waals surface area contributed by atoms with Crippen molar-refractivity contribution in [3.8, 4) is 17.6 Å². The third kappa shape index (κ3) is 5.50. The van der Waals surface area contributed by atoms with E-state index in [9.17, 15) is 9.18 Å². The number of carbonyl (C=O) groups is 1. The van der Waals surface area contributed by atoms with Crippen molar-refractivity contribution in [3.05, 3.63) is 59.9 Å². The maximum atomic E-state index is 12.9. The topological polar surface area (TPSA) is 68.6 Å². The summed E-state index contributed by atoms with van der Waals surface area (Å²) in [7, 11) is 0. The second-order valence-corrected chi connectivity index (χ2v) is 5.69. The second-order valence-electron chi connectivity index (χ2n) is 5.69. The number of hydrogen-bond donors (Lipinski definition) is 0. The summed E-state index contributed by atoms with van der Waals surface area (Å²) in [5.74, 6) is 0.0157. The van der Waals surface area contributed by atoms with Crippen molar-refractivity contribution >= 4 is 5.97 Å². The Morgan fingerprint density at radius 3 is 2.24 bits per heavy atom. The maximum Gasteiger partial charge on any atom is 0.350 e. The van der Waals surface area contributed by atoms with Crippen molar-refractivity contribution < 1.29 is 23.4 Å².